The average molecular weight is 198 g/mol. The molecule has 0 aromatic heterocycles. The monoisotopic (exact) mass is 197 g/mol. The molecule has 0 amide bonds. The van der Waals surface area contributed by atoms with Crippen LogP contribution in [0, 0.1) is 0 Å². The maximum Gasteiger partial charge on any atom is 0.0675 e. The van der Waals surface area contributed by atoms with Crippen molar-refractivity contribution in [3.05, 3.63) is 0 Å². The SMILES string of the molecule is Cl.NCCC1(O)CCSCC1. The first-order valence-corrected chi connectivity index (χ1v) is 4.92. The van der Waals surface area contributed by atoms with Gasteiger partial charge in [0.15, 0.2) is 0 Å². The van der Waals surface area contributed by atoms with Crippen LogP contribution in [-0.4, -0.2) is 28.8 Å². The molecule has 0 saturated carbocycles. The van der Waals surface area contributed by atoms with E-state index < -0.39 is 5.60 Å². The fourth-order valence-electron chi connectivity index (χ4n) is 1.27. The van der Waals surface area contributed by atoms with E-state index >= 15 is 0 Å². The summed E-state index contributed by atoms with van der Waals surface area (Å²) in [5, 5.41) is 9.78. The maximum absolute atomic E-state index is 9.78. The van der Waals surface area contributed by atoms with Crippen molar-refractivity contribution in [1.29, 1.82) is 0 Å². The molecule has 0 spiro atoms. The first kappa shape index (κ1) is 11.6. The van der Waals surface area contributed by atoms with Gasteiger partial charge in [0.25, 0.3) is 0 Å². The molecule has 1 aliphatic rings. The van der Waals surface area contributed by atoms with E-state index in [2.05, 4.69) is 0 Å². The summed E-state index contributed by atoms with van der Waals surface area (Å²) in [6.45, 7) is 0.612. The van der Waals surface area contributed by atoms with Crippen LogP contribution in [0.15, 0.2) is 0 Å². The molecular weight excluding hydrogens is 182 g/mol. The van der Waals surface area contributed by atoms with Crippen molar-refractivity contribution in [1.82, 2.24) is 0 Å². The first-order valence-electron chi connectivity index (χ1n) is 3.77. The van der Waals surface area contributed by atoms with Crippen molar-refractivity contribution in [2.45, 2.75) is 24.9 Å². The second-order valence-corrected chi connectivity index (χ2v) is 4.10. The topological polar surface area (TPSA) is 46.2 Å². The van der Waals surface area contributed by atoms with Crippen molar-refractivity contribution in [2.24, 2.45) is 5.73 Å². The minimum atomic E-state index is -0.417. The predicted octanol–water partition coefficient (Wildman–Crippen LogP) is 1.02. The lowest BCUT2D eigenvalue weighted by molar-refractivity contribution is 0.0258. The Labute approximate surface area is 78.3 Å². The summed E-state index contributed by atoms with van der Waals surface area (Å²) in [4.78, 5) is 0. The molecule has 11 heavy (non-hydrogen) atoms. The quantitative estimate of drug-likeness (QED) is 0.695. The van der Waals surface area contributed by atoms with Crippen LogP contribution >= 0.6 is 24.2 Å². The standard InChI is InChI=1S/C7H15NOS.ClH/c8-4-1-7(9)2-5-10-6-3-7;/h9H,1-6,8H2;1H. The number of hydrogen-bond acceptors (Lipinski definition) is 3. The Morgan fingerprint density at radius 1 is 1.36 bits per heavy atom. The highest BCUT2D eigenvalue weighted by molar-refractivity contribution is 7.99. The number of halogens is 1. The molecule has 1 saturated heterocycles. The third-order valence-corrected chi connectivity index (χ3v) is 3.02. The van der Waals surface area contributed by atoms with Crippen molar-refractivity contribution in [3.8, 4) is 0 Å². The largest absolute Gasteiger partial charge is 0.390 e. The van der Waals surface area contributed by atoms with Crippen molar-refractivity contribution < 1.29 is 5.11 Å². The predicted molar refractivity (Wildman–Crippen MR) is 52.4 cm³/mol. The van der Waals surface area contributed by atoms with Gasteiger partial charge in [-0.05, 0) is 37.3 Å². The number of nitrogens with two attached hydrogens (primary N) is 1. The highest BCUT2D eigenvalue weighted by Gasteiger charge is 2.27. The summed E-state index contributed by atoms with van der Waals surface area (Å²) in [5.41, 5.74) is 4.96. The summed E-state index contributed by atoms with van der Waals surface area (Å²) in [7, 11) is 0. The van der Waals surface area contributed by atoms with Crippen LogP contribution in [0.1, 0.15) is 19.3 Å². The van der Waals surface area contributed by atoms with Crippen LogP contribution in [0.25, 0.3) is 0 Å². The number of thioether (sulfide) groups is 1. The molecule has 0 bridgehead atoms. The van der Waals surface area contributed by atoms with Crippen LogP contribution < -0.4 is 5.73 Å². The molecule has 0 radical (unpaired) electrons. The van der Waals surface area contributed by atoms with Crippen LogP contribution in [0.4, 0.5) is 0 Å². The highest BCUT2D eigenvalue weighted by Crippen LogP contribution is 2.28. The zero-order chi connectivity index (χ0) is 7.45. The van der Waals surface area contributed by atoms with E-state index in [9.17, 15) is 5.11 Å². The van der Waals surface area contributed by atoms with E-state index in [0.717, 1.165) is 30.8 Å². The number of aliphatic hydroxyl groups is 1. The Bertz CT molecular complexity index is 101. The van der Waals surface area contributed by atoms with Crippen LogP contribution in [0.5, 0.6) is 0 Å². The first-order chi connectivity index (χ1) is 4.77. The summed E-state index contributed by atoms with van der Waals surface area (Å²) in [6, 6.07) is 0. The molecule has 1 rings (SSSR count). The van der Waals surface area contributed by atoms with Crippen molar-refractivity contribution in [2.75, 3.05) is 18.1 Å². The maximum atomic E-state index is 9.78. The van der Waals surface area contributed by atoms with Gasteiger partial charge in [0.2, 0.25) is 0 Å². The molecule has 0 unspecified atom stereocenters. The summed E-state index contributed by atoms with van der Waals surface area (Å²) in [6.07, 6.45) is 2.62. The normalized spacial score (nSPS) is 22.4. The lowest BCUT2D eigenvalue weighted by atomic mass is 9.93. The van der Waals surface area contributed by atoms with Crippen molar-refractivity contribution in [3.63, 3.8) is 0 Å². The van der Waals surface area contributed by atoms with Gasteiger partial charge in [-0.1, -0.05) is 0 Å². The Kier molecular flexibility index (Phi) is 5.52. The lowest BCUT2D eigenvalue weighted by Crippen LogP contribution is -2.35. The van der Waals surface area contributed by atoms with Crippen molar-refractivity contribution >= 4 is 24.2 Å². The van der Waals surface area contributed by atoms with E-state index in [1.165, 1.54) is 0 Å². The third-order valence-electron chi connectivity index (χ3n) is 2.03. The van der Waals surface area contributed by atoms with Gasteiger partial charge in [-0.25, -0.2) is 0 Å². The van der Waals surface area contributed by atoms with E-state index in [4.69, 9.17) is 5.73 Å². The average Bonchev–Trinajstić information content (AvgIpc) is 1.89. The molecule has 1 heterocycles. The third kappa shape index (κ3) is 3.65. The van der Waals surface area contributed by atoms with Gasteiger partial charge in [-0.15, -0.1) is 12.4 Å². The molecular formula is C7H16ClNOS. The van der Waals surface area contributed by atoms with Crippen LogP contribution in [0.3, 0.4) is 0 Å². The molecule has 0 aliphatic carbocycles. The molecule has 1 fully saturated rings. The minimum Gasteiger partial charge on any atom is -0.390 e. The molecule has 0 atom stereocenters. The van der Waals surface area contributed by atoms with Gasteiger partial charge in [-0.3, -0.25) is 0 Å². The van der Waals surface area contributed by atoms with Gasteiger partial charge in [-0.2, -0.15) is 11.8 Å². The number of hydrogen-bond donors (Lipinski definition) is 2. The van der Waals surface area contributed by atoms with Crippen LogP contribution in [-0.2, 0) is 0 Å². The second kappa shape index (κ2) is 5.25. The van der Waals surface area contributed by atoms with E-state index in [-0.39, 0.29) is 12.4 Å². The second-order valence-electron chi connectivity index (χ2n) is 2.88. The van der Waals surface area contributed by atoms with Gasteiger partial charge in [0.1, 0.15) is 0 Å². The van der Waals surface area contributed by atoms with Gasteiger partial charge in [0.05, 0.1) is 5.60 Å². The van der Waals surface area contributed by atoms with E-state index in [0.29, 0.717) is 6.54 Å². The van der Waals surface area contributed by atoms with Crippen LogP contribution in [0.2, 0.25) is 0 Å². The van der Waals surface area contributed by atoms with E-state index in [1.807, 2.05) is 11.8 Å². The fraction of sp³-hybridized carbons (Fsp3) is 1.00. The molecule has 0 aromatic rings. The Morgan fingerprint density at radius 2 is 1.91 bits per heavy atom. The van der Waals surface area contributed by atoms with Gasteiger partial charge < -0.3 is 10.8 Å². The zero-order valence-electron chi connectivity index (χ0n) is 6.58. The summed E-state index contributed by atoms with van der Waals surface area (Å²) >= 11 is 1.92. The highest BCUT2D eigenvalue weighted by atomic mass is 35.5. The molecule has 1 aliphatic heterocycles. The zero-order valence-corrected chi connectivity index (χ0v) is 8.22. The minimum absolute atomic E-state index is 0. The fourth-order valence-corrected chi connectivity index (χ4v) is 2.52. The molecule has 2 nitrogen and oxygen atoms in total. The molecule has 68 valence electrons. The van der Waals surface area contributed by atoms with Gasteiger partial charge >= 0.3 is 0 Å². The Morgan fingerprint density at radius 3 is 2.36 bits per heavy atom. The molecule has 3 N–H and O–H groups in total. The summed E-state index contributed by atoms with van der Waals surface area (Å²) < 4.78 is 0. The smallest absolute Gasteiger partial charge is 0.0675 e. The Hall–Kier alpha value is 0.560. The van der Waals surface area contributed by atoms with Gasteiger partial charge in [0, 0.05) is 0 Å². The lowest BCUT2D eigenvalue weighted by Gasteiger charge is -2.31. The Balaban J connectivity index is 0.000001000. The summed E-state index contributed by atoms with van der Waals surface area (Å²) in [5.74, 6) is 2.19. The number of rotatable bonds is 2. The molecule has 0 aromatic carbocycles. The molecule has 4 heteroatoms. The van der Waals surface area contributed by atoms with E-state index in [1.54, 1.807) is 0 Å².